The van der Waals surface area contributed by atoms with Gasteiger partial charge >= 0.3 is 6.03 Å². The third-order valence-electron chi connectivity index (χ3n) is 8.18. The number of pyridine rings is 1. The molecule has 0 unspecified atom stereocenters. The van der Waals surface area contributed by atoms with Crippen molar-refractivity contribution in [3.63, 3.8) is 0 Å². The Labute approximate surface area is 305 Å². The van der Waals surface area contributed by atoms with Crippen LogP contribution in [0.5, 0.6) is 5.75 Å². The van der Waals surface area contributed by atoms with Crippen LogP contribution >= 0.6 is 23.4 Å². The molecule has 0 spiro atoms. The molecule has 2 amide bonds. The average molecular weight is 714 g/mol. The number of hydrogen-bond acceptors (Lipinski definition) is 6. The molecule has 0 atom stereocenters. The summed E-state index contributed by atoms with van der Waals surface area (Å²) in [6.07, 6.45) is 2.01. The Morgan fingerprint density at radius 2 is 1.61 bits per heavy atom. The van der Waals surface area contributed by atoms with Gasteiger partial charge in [0.2, 0.25) is 0 Å². The Hall–Kier alpha value is -5.58. The lowest BCUT2D eigenvalue weighted by atomic mass is 9.92. The number of anilines is 1. The zero-order valence-electron chi connectivity index (χ0n) is 28.4. The summed E-state index contributed by atoms with van der Waals surface area (Å²) in [6, 6.07) is 38.9. The van der Waals surface area contributed by atoms with E-state index >= 15 is 0 Å². The summed E-state index contributed by atoms with van der Waals surface area (Å²) in [5, 5.41) is 20.3. The maximum atomic E-state index is 13.4. The van der Waals surface area contributed by atoms with Gasteiger partial charge in [-0.15, -0.1) is 10.2 Å². The first-order valence-corrected chi connectivity index (χ1v) is 17.7. The number of urea groups is 1. The monoisotopic (exact) mass is 713 g/mol. The Balaban J connectivity index is 1.05. The number of ether oxygens (including phenoxy) is 1. The van der Waals surface area contributed by atoms with Crippen LogP contribution in [0.4, 0.5) is 10.6 Å². The third kappa shape index (κ3) is 7.93. The molecular weight excluding hydrogens is 678 g/mol. The lowest BCUT2D eigenvalue weighted by Crippen LogP contribution is -2.29. The van der Waals surface area contributed by atoms with Crippen molar-refractivity contribution in [3.8, 4) is 22.8 Å². The maximum absolute atomic E-state index is 13.4. The van der Waals surface area contributed by atoms with E-state index in [2.05, 4.69) is 41.6 Å². The molecule has 4 aromatic carbocycles. The number of carbonyl (C=O) groups is 1. The fourth-order valence-corrected chi connectivity index (χ4v) is 6.61. The second kappa shape index (κ2) is 14.7. The van der Waals surface area contributed by atoms with Gasteiger partial charge in [0.15, 0.2) is 11.5 Å². The molecule has 3 aromatic heterocycles. The SMILES string of the molecule is CC(C)(C)c1cc(NC(=O)NCc2ccccc2Sc2ccc3nnc(-c4ccccc4Cl)n3c2)n(-c2ccc(OCc3ccccc3)cc2)n1. The van der Waals surface area contributed by atoms with Gasteiger partial charge in [-0.25, -0.2) is 9.48 Å². The number of hydrogen-bond donors (Lipinski definition) is 2. The van der Waals surface area contributed by atoms with Crippen molar-refractivity contribution in [2.75, 3.05) is 5.32 Å². The molecular formula is C40H36ClN7O2S. The fraction of sp³-hybridized carbons (Fsp3) is 0.150. The smallest absolute Gasteiger partial charge is 0.320 e. The largest absolute Gasteiger partial charge is 0.489 e. The van der Waals surface area contributed by atoms with E-state index in [4.69, 9.17) is 21.4 Å². The van der Waals surface area contributed by atoms with Crippen LogP contribution in [0, 0.1) is 0 Å². The molecule has 0 fully saturated rings. The number of rotatable bonds is 10. The van der Waals surface area contributed by atoms with Gasteiger partial charge < -0.3 is 10.1 Å². The Kier molecular flexibility index (Phi) is 9.78. The van der Waals surface area contributed by atoms with Crippen LogP contribution in [0.15, 0.2) is 137 Å². The lowest BCUT2D eigenvalue weighted by Gasteiger charge is -2.14. The van der Waals surface area contributed by atoms with Crippen molar-refractivity contribution in [1.29, 1.82) is 0 Å². The van der Waals surface area contributed by atoms with Crippen LogP contribution < -0.4 is 15.4 Å². The minimum atomic E-state index is -0.338. The van der Waals surface area contributed by atoms with Crippen LogP contribution in [0.25, 0.3) is 22.7 Å². The minimum Gasteiger partial charge on any atom is -0.489 e. The number of nitrogens with zero attached hydrogens (tertiary/aromatic N) is 5. The molecule has 7 rings (SSSR count). The molecule has 0 bridgehead atoms. The van der Waals surface area contributed by atoms with Gasteiger partial charge in [0, 0.05) is 39.6 Å². The first-order valence-electron chi connectivity index (χ1n) is 16.5. The molecule has 2 N–H and O–H groups in total. The molecule has 256 valence electrons. The lowest BCUT2D eigenvalue weighted by molar-refractivity contribution is 0.251. The van der Waals surface area contributed by atoms with Crippen LogP contribution in [-0.4, -0.2) is 30.4 Å². The highest BCUT2D eigenvalue weighted by Gasteiger charge is 2.22. The van der Waals surface area contributed by atoms with Crippen molar-refractivity contribution in [2.45, 2.75) is 49.1 Å². The highest BCUT2D eigenvalue weighted by atomic mass is 35.5. The number of halogens is 1. The normalized spacial score (nSPS) is 11.5. The van der Waals surface area contributed by atoms with Crippen LogP contribution in [-0.2, 0) is 18.6 Å². The van der Waals surface area contributed by atoms with E-state index in [9.17, 15) is 4.79 Å². The van der Waals surface area contributed by atoms with Gasteiger partial charge in [-0.1, -0.05) is 105 Å². The summed E-state index contributed by atoms with van der Waals surface area (Å²) in [6.45, 7) is 7.08. The first-order chi connectivity index (χ1) is 24.7. The van der Waals surface area contributed by atoms with Gasteiger partial charge in [0.05, 0.1) is 16.4 Å². The van der Waals surface area contributed by atoms with E-state index in [0.717, 1.165) is 49.3 Å². The summed E-state index contributed by atoms with van der Waals surface area (Å²) in [5.41, 5.74) is 5.04. The van der Waals surface area contributed by atoms with Gasteiger partial charge in [0.1, 0.15) is 18.2 Å². The van der Waals surface area contributed by atoms with E-state index in [1.165, 1.54) is 0 Å². The molecule has 11 heteroatoms. The predicted octanol–water partition coefficient (Wildman–Crippen LogP) is 9.58. The van der Waals surface area contributed by atoms with Crippen molar-refractivity contribution >= 4 is 40.9 Å². The summed E-state index contributed by atoms with van der Waals surface area (Å²) in [5.74, 6) is 1.98. The van der Waals surface area contributed by atoms with E-state index in [-0.39, 0.29) is 11.4 Å². The average Bonchev–Trinajstić information content (AvgIpc) is 3.76. The summed E-state index contributed by atoms with van der Waals surface area (Å²) in [4.78, 5) is 15.4. The summed E-state index contributed by atoms with van der Waals surface area (Å²) < 4.78 is 9.67. The van der Waals surface area contributed by atoms with E-state index < -0.39 is 0 Å². The van der Waals surface area contributed by atoms with Gasteiger partial charge in [-0.2, -0.15) is 5.10 Å². The third-order valence-corrected chi connectivity index (χ3v) is 9.60. The number of benzene rings is 4. The molecule has 0 radical (unpaired) electrons. The first kappa shape index (κ1) is 33.9. The van der Waals surface area contributed by atoms with Crippen molar-refractivity contribution < 1.29 is 9.53 Å². The zero-order valence-corrected chi connectivity index (χ0v) is 29.9. The summed E-state index contributed by atoms with van der Waals surface area (Å²) in [7, 11) is 0. The van der Waals surface area contributed by atoms with Crippen LogP contribution in [0.3, 0.4) is 0 Å². The molecule has 9 nitrogen and oxygen atoms in total. The van der Waals surface area contributed by atoms with Crippen molar-refractivity contribution in [2.24, 2.45) is 0 Å². The van der Waals surface area contributed by atoms with Crippen LogP contribution in [0.2, 0.25) is 5.02 Å². The Bertz CT molecular complexity index is 2300. The second-order valence-corrected chi connectivity index (χ2v) is 14.5. The van der Waals surface area contributed by atoms with Crippen LogP contribution in [0.1, 0.15) is 37.6 Å². The van der Waals surface area contributed by atoms with E-state index in [1.807, 2.05) is 132 Å². The molecule has 0 aliphatic carbocycles. The number of carbonyl (C=O) groups excluding carboxylic acids is 1. The van der Waals surface area contributed by atoms with Crippen molar-refractivity contribution in [3.05, 3.63) is 149 Å². The minimum absolute atomic E-state index is 0.225. The standard InChI is InChI=1S/C40H36ClN7O2S/c1-40(2,3)35-23-37(48(46-35)29-17-19-30(20-18-29)50-26-27-11-5-4-6-12-27)43-39(49)42-24-28-13-7-10-16-34(28)51-31-21-22-36-44-45-38(47(36)25-31)32-14-8-9-15-33(32)41/h4-23,25H,24,26H2,1-3H3,(H2,42,43,49). The quantitative estimate of drug-likeness (QED) is 0.147. The molecule has 51 heavy (non-hydrogen) atoms. The summed E-state index contributed by atoms with van der Waals surface area (Å²) >= 11 is 8.08. The number of amides is 2. The van der Waals surface area contributed by atoms with Crippen molar-refractivity contribution in [1.82, 2.24) is 29.7 Å². The number of fused-ring (bicyclic) bond motifs is 1. The second-order valence-electron chi connectivity index (χ2n) is 13.0. The van der Waals surface area contributed by atoms with Gasteiger partial charge in [-0.3, -0.25) is 9.72 Å². The molecule has 0 aliphatic rings. The zero-order chi connectivity index (χ0) is 35.4. The topological polar surface area (TPSA) is 98.4 Å². The molecule has 7 aromatic rings. The number of aromatic nitrogens is 5. The maximum Gasteiger partial charge on any atom is 0.320 e. The van der Waals surface area contributed by atoms with E-state index in [1.54, 1.807) is 16.4 Å². The Morgan fingerprint density at radius 3 is 2.39 bits per heavy atom. The molecule has 0 saturated heterocycles. The molecule has 0 aliphatic heterocycles. The fourth-order valence-electron chi connectivity index (χ4n) is 5.43. The molecule has 0 saturated carbocycles. The highest BCUT2D eigenvalue weighted by Crippen LogP contribution is 2.33. The van der Waals surface area contributed by atoms with Gasteiger partial charge in [-0.05, 0) is 65.7 Å². The number of nitrogens with one attached hydrogen (secondary N) is 2. The highest BCUT2D eigenvalue weighted by molar-refractivity contribution is 7.99. The predicted molar refractivity (Wildman–Crippen MR) is 203 cm³/mol. The van der Waals surface area contributed by atoms with Gasteiger partial charge in [0.25, 0.3) is 0 Å². The molecule has 3 heterocycles. The Morgan fingerprint density at radius 1 is 0.863 bits per heavy atom. The van der Waals surface area contributed by atoms with E-state index in [0.29, 0.717) is 29.8 Å².